The molecule has 0 aliphatic rings. The van der Waals surface area contributed by atoms with Crippen molar-refractivity contribution in [2.45, 2.75) is 12.1 Å². The molecule has 0 fully saturated rings. The van der Waals surface area contributed by atoms with Crippen molar-refractivity contribution in [1.82, 2.24) is 10.2 Å². The van der Waals surface area contributed by atoms with Crippen molar-refractivity contribution in [2.75, 3.05) is 11.1 Å². The molecule has 25 heavy (non-hydrogen) atoms. The van der Waals surface area contributed by atoms with Crippen LogP contribution in [0.3, 0.4) is 0 Å². The van der Waals surface area contributed by atoms with Gasteiger partial charge in [0.05, 0.1) is 5.75 Å². The molecule has 0 saturated heterocycles. The number of aryl methyl sites for hydroxylation is 1. The van der Waals surface area contributed by atoms with Crippen LogP contribution in [-0.2, 0) is 4.79 Å². The number of anilines is 1. The zero-order chi connectivity index (χ0) is 17.8. The monoisotopic (exact) mass is 437 g/mol. The van der Waals surface area contributed by atoms with Crippen LogP contribution in [0.5, 0.6) is 0 Å². The number of carbonyl (C=O) groups excluding carboxylic acids is 1. The molecule has 0 aliphatic heterocycles. The molecule has 3 aromatic rings. The van der Waals surface area contributed by atoms with Crippen molar-refractivity contribution < 1.29 is 9.21 Å². The van der Waals surface area contributed by atoms with Gasteiger partial charge in [-0.2, -0.15) is 0 Å². The minimum Gasteiger partial charge on any atom is -0.411 e. The highest BCUT2D eigenvalue weighted by atomic mass is 79.9. The number of carbonyl (C=O) groups is 1. The lowest BCUT2D eigenvalue weighted by molar-refractivity contribution is -0.113. The minimum atomic E-state index is -0.141. The highest BCUT2D eigenvalue weighted by Crippen LogP contribution is 2.25. The summed E-state index contributed by atoms with van der Waals surface area (Å²) >= 11 is 10.4. The van der Waals surface area contributed by atoms with Crippen molar-refractivity contribution in [1.29, 1.82) is 0 Å². The molecule has 3 rings (SSSR count). The molecule has 0 saturated carbocycles. The molecule has 0 aliphatic carbocycles. The Morgan fingerprint density at radius 2 is 2.00 bits per heavy atom. The predicted molar refractivity (Wildman–Crippen MR) is 103 cm³/mol. The predicted octanol–water partition coefficient (Wildman–Crippen LogP) is 5.19. The minimum absolute atomic E-state index is 0.141. The highest BCUT2D eigenvalue weighted by Gasteiger charge is 2.12. The van der Waals surface area contributed by atoms with Crippen LogP contribution >= 0.6 is 39.3 Å². The first kappa shape index (κ1) is 18.0. The smallest absolute Gasteiger partial charge is 0.277 e. The zero-order valence-electron chi connectivity index (χ0n) is 13.1. The summed E-state index contributed by atoms with van der Waals surface area (Å²) in [5, 5.41) is 11.8. The molecular weight excluding hydrogens is 426 g/mol. The Balaban J connectivity index is 1.59. The van der Waals surface area contributed by atoms with Gasteiger partial charge in [-0.3, -0.25) is 4.79 Å². The summed E-state index contributed by atoms with van der Waals surface area (Å²) in [5.41, 5.74) is 2.54. The fourth-order valence-electron chi connectivity index (χ4n) is 2.02. The first-order chi connectivity index (χ1) is 12.0. The fourth-order valence-corrected chi connectivity index (χ4v) is 3.07. The molecule has 5 nitrogen and oxygen atoms in total. The number of amides is 1. The standard InChI is InChI=1S/C17H13BrClN3O2S/c1-10-2-5-12(18)8-14(10)20-15(23)9-25-17-22-21-16(24-17)11-3-6-13(19)7-4-11/h2-8H,9H2,1H3,(H,20,23). The van der Waals surface area contributed by atoms with Crippen molar-refractivity contribution in [2.24, 2.45) is 0 Å². The molecule has 2 aromatic carbocycles. The quantitative estimate of drug-likeness (QED) is 0.555. The second kappa shape index (κ2) is 8.03. The summed E-state index contributed by atoms with van der Waals surface area (Å²) in [5.74, 6) is 0.425. The van der Waals surface area contributed by atoms with Crippen LogP contribution in [0.4, 0.5) is 5.69 Å². The van der Waals surface area contributed by atoms with Gasteiger partial charge in [0, 0.05) is 20.7 Å². The van der Waals surface area contributed by atoms with E-state index >= 15 is 0 Å². The number of nitrogens with one attached hydrogen (secondary N) is 1. The van der Waals surface area contributed by atoms with E-state index in [-0.39, 0.29) is 11.7 Å². The number of halogens is 2. The Bertz CT molecular complexity index is 899. The van der Waals surface area contributed by atoms with E-state index < -0.39 is 0 Å². The maximum absolute atomic E-state index is 12.1. The lowest BCUT2D eigenvalue weighted by Crippen LogP contribution is -2.14. The summed E-state index contributed by atoms with van der Waals surface area (Å²) in [7, 11) is 0. The van der Waals surface area contributed by atoms with Crippen LogP contribution in [0.15, 0.2) is 56.6 Å². The van der Waals surface area contributed by atoms with Crippen LogP contribution in [0, 0.1) is 6.92 Å². The molecular formula is C17H13BrClN3O2S. The Kier molecular flexibility index (Phi) is 5.78. The van der Waals surface area contributed by atoms with Crippen LogP contribution < -0.4 is 5.32 Å². The van der Waals surface area contributed by atoms with E-state index in [0.29, 0.717) is 16.1 Å². The summed E-state index contributed by atoms with van der Waals surface area (Å²) < 4.78 is 6.47. The van der Waals surface area contributed by atoms with E-state index in [1.54, 1.807) is 24.3 Å². The van der Waals surface area contributed by atoms with E-state index in [9.17, 15) is 4.79 Å². The van der Waals surface area contributed by atoms with Gasteiger partial charge in [-0.1, -0.05) is 45.4 Å². The average molecular weight is 439 g/mol. The summed E-state index contributed by atoms with van der Waals surface area (Å²) in [6.45, 7) is 1.94. The Morgan fingerprint density at radius 1 is 1.24 bits per heavy atom. The third-order valence-corrected chi connectivity index (χ3v) is 4.86. The molecule has 0 spiro atoms. The molecule has 0 bridgehead atoms. The highest BCUT2D eigenvalue weighted by molar-refractivity contribution is 9.10. The lowest BCUT2D eigenvalue weighted by atomic mass is 10.2. The summed E-state index contributed by atoms with van der Waals surface area (Å²) in [6, 6.07) is 12.8. The lowest BCUT2D eigenvalue weighted by Gasteiger charge is -2.08. The molecule has 1 N–H and O–H groups in total. The third-order valence-electron chi connectivity index (χ3n) is 3.30. The molecule has 1 amide bonds. The van der Waals surface area contributed by atoms with Gasteiger partial charge in [0.2, 0.25) is 11.8 Å². The van der Waals surface area contributed by atoms with Crippen LogP contribution in [0.1, 0.15) is 5.56 Å². The van der Waals surface area contributed by atoms with Crippen LogP contribution in [-0.4, -0.2) is 21.9 Å². The Hall–Kier alpha value is -1.83. The summed E-state index contributed by atoms with van der Waals surface area (Å²) in [4.78, 5) is 12.1. The van der Waals surface area contributed by atoms with Gasteiger partial charge in [-0.15, -0.1) is 10.2 Å². The van der Waals surface area contributed by atoms with Gasteiger partial charge in [-0.05, 0) is 48.9 Å². The third kappa shape index (κ3) is 4.84. The molecule has 0 unspecified atom stereocenters. The fraction of sp³-hybridized carbons (Fsp3) is 0.118. The number of nitrogens with zero attached hydrogens (tertiary/aromatic N) is 2. The van der Waals surface area contributed by atoms with Crippen LogP contribution in [0.25, 0.3) is 11.5 Å². The molecule has 8 heteroatoms. The number of benzene rings is 2. The van der Waals surface area contributed by atoms with Gasteiger partial charge < -0.3 is 9.73 Å². The Labute approximate surface area is 162 Å². The van der Waals surface area contributed by atoms with Crippen LogP contribution in [0.2, 0.25) is 5.02 Å². The van der Waals surface area contributed by atoms with Crippen molar-refractivity contribution >= 4 is 50.9 Å². The average Bonchev–Trinajstić information content (AvgIpc) is 3.06. The maximum Gasteiger partial charge on any atom is 0.277 e. The molecule has 1 heterocycles. The normalized spacial score (nSPS) is 10.7. The van der Waals surface area contributed by atoms with Crippen molar-refractivity contribution in [3.8, 4) is 11.5 Å². The number of thioether (sulfide) groups is 1. The second-order valence-electron chi connectivity index (χ2n) is 5.18. The van der Waals surface area contributed by atoms with Crippen molar-refractivity contribution in [3.05, 3.63) is 57.5 Å². The van der Waals surface area contributed by atoms with E-state index in [0.717, 1.165) is 21.3 Å². The van der Waals surface area contributed by atoms with E-state index in [2.05, 4.69) is 31.4 Å². The first-order valence-electron chi connectivity index (χ1n) is 7.29. The van der Waals surface area contributed by atoms with Gasteiger partial charge in [0.1, 0.15) is 0 Å². The van der Waals surface area contributed by atoms with E-state index in [1.165, 1.54) is 11.8 Å². The van der Waals surface area contributed by atoms with E-state index in [4.69, 9.17) is 16.0 Å². The van der Waals surface area contributed by atoms with Crippen molar-refractivity contribution in [3.63, 3.8) is 0 Å². The maximum atomic E-state index is 12.1. The molecule has 0 radical (unpaired) electrons. The van der Waals surface area contributed by atoms with Gasteiger partial charge in [-0.25, -0.2) is 0 Å². The summed E-state index contributed by atoms with van der Waals surface area (Å²) in [6.07, 6.45) is 0. The second-order valence-corrected chi connectivity index (χ2v) is 7.45. The number of aromatic nitrogens is 2. The number of hydrogen-bond acceptors (Lipinski definition) is 5. The van der Waals surface area contributed by atoms with Gasteiger partial charge in [0.25, 0.3) is 5.22 Å². The largest absolute Gasteiger partial charge is 0.411 e. The van der Waals surface area contributed by atoms with E-state index in [1.807, 2.05) is 25.1 Å². The molecule has 1 aromatic heterocycles. The van der Waals surface area contributed by atoms with Gasteiger partial charge in [0.15, 0.2) is 0 Å². The number of rotatable bonds is 5. The number of hydrogen-bond donors (Lipinski definition) is 1. The molecule has 128 valence electrons. The SMILES string of the molecule is Cc1ccc(Br)cc1NC(=O)CSc1nnc(-c2ccc(Cl)cc2)o1. The molecule has 0 atom stereocenters. The zero-order valence-corrected chi connectivity index (χ0v) is 16.3. The first-order valence-corrected chi connectivity index (χ1v) is 9.45. The van der Waals surface area contributed by atoms with Gasteiger partial charge >= 0.3 is 0 Å². The topological polar surface area (TPSA) is 68.0 Å². The Morgan fingerprint density at radius 3 is 2.76 bits per heavy atom.